The van der Waals surface area contributed by atoms with Gasteiger partial charge >= 0.3 is 0 Å². The Morgan fingerprint density at radius 1 is 1.23 bits per heavy atom. The number of pyridine rings is 1. The SMILES string of the molecule is O=C(NC(CO)c1cc(F)c(F)c(F)c1)c1ccc(=O)[nH]c1. The maximum Gasteiger partial charge on any atom is 0.253 e. The zero-order valence-electron chi connectivity index (χ0n) is 11.1. The lowest BCUT2D eigenvalue weighted by Crippen LogP contribution is -2.31. The van der Waals surface area contributed by atoms with Crippen LogP contribution >= 0.6 is 0 Å². The molecule has 8 heteroatoms. The summed E-state index contributed by atoms with van der Waals surface area (Å²) in [4.78, 5) is 25.1. The van der Waals surface area contributed by atoms with E-state index in [9.17, 15) is 27.9 Å². The highest BCUT2D eigenvalue weighted by Gasteiger charge is 2.19. The first-order chi connectivity index (χ1) is 10.4. The Kier molecular flexibility index (Phi) is 4.62. The molecule has 0 aliphatic rings. The van der Waals surface area contributed by atoms with Crippen LogP contribution in [0, 0.1) is 17.5 Å². The number of nitrogens with one attached hydrogen (secondary N) is 2. The van der Waals surface area contributed by atoms with Gasteiger partial charge in [0.25, 0.3) is 5.91 Å². The number of benzene rings is 1. The Hall–Kier alpha value is -2.61. The van der Waals surface area contributed by atoms with Crippen LogP contribution in [-0.4, -0.2) is 22.6 Å². The average Bonchev–Trinajstić information content (AvgIpc) is 2.50. The molecule has 0 aliphatic carbocycles. The van der Waals surface area contributed by atoms with Gasteiger partial charge in [0.05, 0.1) is 18.2 Å². The van der Waals surface area contributed by atoms with E-state index in [1.165, 1.54) is 6.07 Å². The molecule has 0 aliphatic heterocycles. The highest BCUT2D eigenvalue weighted by Crippen LogP contribution is 2.19. The summed E-state index contributed by atoms with van der Waals surface area (Å²) < 4.78 is 39.3. The summed E-state index contributed by atoms with van der Waals surface area (Å²) in [5.41, 5.74) is -0.448. The van der Waals surface area contributed by atoms with Gasteiger partial charge < -0.3 is 15.4 Å². The minimum atomic E-state index is -1.63. The fraction of sp³-hybridized carbons (Fsp3) is 0.143. The number of aliphatic hydroxyl groups excluding tert-OH is 1. The van der Waals surface area contributed by atoms with Crippen molar-refractivity contribution in [2.24, 2.45) is 0 Å². The van der Waals surface area contributed by atoms with Gasteiger partial charge in [0.1, 0.15) is 0 Å². The zero-order valence-corrected chi connectivity index (χ0v) is 11.1. The van der Waals surface area contributed by atoms with Gasteiger partial charge in [-0.3, -0.25) is 9.59 Å². The summed E-state index contributed by atoms with van der Waals surface area (Å²) in [7, 11) is 0. The van der Waals surface area contributed by atoms with Crippen LogP contribution < -0.4 is 10.9 Å². The Morgan fingerprint density at radius 2 is 1.86 bits per heavy atom. The molecule has 3 N–H and O–H groups in total. The summed E-state index contributed by atoms with van der Waals surface area (Å²) in [5.74, 6) is -5.16. The lowest BCUT2D eigenvalue weighted by Gasteiger charge is -2.17. The Labute approximate surface area is 122 Å². The normalized spacial score (nSPS) is 12.0. The first-order valence-electron chi connectivity index (χ1n) is 6.17. The topological polar surface area (TPSA) is 82.2 Å². The fourth-order valence-electron chi connectivity index (χ4n) is 1.80. The molecule has 2 aromatic rings. The van der Waals surface area contributed by atoms with Crippen molar-refractivity contribution >= 4 is 5.91 Å². The van der Waals surface area contributed by atoms with Gasteiger partial charge in [-0.25, -0.2) is 13.2 Å². The van der Waals surface area contributed by atoms with Crippen molar-refractivity contribution in [3.63, 3.8) is 0 Å². The maximum absolute atomic E-state index is 13.2. The number of carbonyl (C=O) groups excluding carboxylic acids is 1. The monoisotopic (exact) mass is 312 g/mol. The van der Waals surface area contributed by atoms with Crippen LogP contribution in [0.25, 0.3) is 0 Å². The van der Waals surface area contributed by atoms with E-state index in [1.807, 2.05) is 0 Å². The molecule has 0 spiro atoms. The molecule has 1 aromatic carbocycles. The van der Waals surface area contributed by atoms with E-state index in [0.717, 1.165) is 12.3 Å². The van der Waals surface area contributed by atoms with Gasteiger partial charge in [-0.2, -0.15) is 0 Å². The average molecular weight is 312 g/mol. The minimum Gasteiger partial charge on any atom is -0.394 e. The Morgan fingerprint density at radius 3 is 2.36 bits per heavy atom. The van der Waals surface area contributed by atoms with E-state index < -0.39 is 41.6 Å². The Bertz CT molecular complexity index is 718. The van der Waals surface area contributed by atoms with Crippen molar-refractivity contribution in [1.82, 2.24) is 10.3 Å². The second-order valence-electron chi connectivity index (χ2n) is 4.45. The molecule has 22 heavy (non-hydrogen) atoms. The van der Waals surface area contributed by atoms with E-state index >= 15 is 0 Å². The van der Waals surface area contributed by atoms with Gasteiger partial charge in [0, 0.05) is 12.3 Å². The van der Waals surface area contributed by atoms with Crippen LogP contribution in [0.3, 0.4) is 0 Å². The molecule has 1 heterocycles. The molecule has 0 bridgehead atoms. The summed E-state index contributed by atoms with van der Waals surface area (Å²) in [6, 6.07) is 2.61. The van der Waals surface area contributed by atoms with E-state index in [2.05, 4.69) is 10.3 Å². The van der Waals surface area contributed by atoms with Crippen LogP contribution in [-0.2, 0) is 0 Å². The summed E-state index contributed by atoms with van der Waals surface area (Å²) in [6.07, 6.45) is 1.15. The number of aliphatic hydroxyl groups is 1. The Balaban J connectivity index is 2.24. The second kappa shape index (κ2) is 6.44. The number of hydrogen-bond acceptors (Lipinski definition) is 3. The number of aromatic nitrogens is 1. The van der Waals surface area contributed by atoms with E-state index in [-0.39, 0.29) is 11.1 Å². The summed E-state index contributed by atoms with van der Waals surface area (Å²) in [6.45, 7) is -0.653. The molecule has 1 unspecified atom stereocenters. The fourth-order valence-corrected chi connectivity index (χ4v) is 1.80. The molecular formula is C14H11F3N2O3. The van der Waals surface area contributed by atoms with Crippen LogP contribution in [0.1, 0.15) is 22.0 Å². The van der Waals surface area contributed by atoms with E-state index in [1.54, 1.807) is 0 Å². The molecule has 0 saturated carbocycles. The minimum absolute atomic E-state index is 0.0844. The smallest absolute Gasteiger partial charge is 0.253 e. The number of carbonyl (C=O) groups is 1. The largest absolute Gasteiger partial charge is 0.394 e. The molecular weight excluding hydrogens is 301 g/mol. The van der Waals surface area contributed by atoms with Crippen molar-refractivity contribution in [1.29, 1.82) is 0 Å². The lowest BCUT2D eigenvalue weighted by molar-refractivity contribution is 0.0915. The first kappa shape index (κ1) is 15.8. The molecule has 0 fully saturated rings. The van der Waals surface area contributed by atoms with Crippen molar-refractivity contribution in [2.75, 3.05) is 6.61 Å². The number of rotatable bonds is 4. The number of aromatic amines is 1. The third-order valence-corrected chi connectivity index (χ3v) is 2.94. The van der Waals surface area contributed by atoms with Crippen molar-refractivity contribution in [3.8, 4) is 0 Å². The highest BCUT2D eigenvalue weighted by molar-refractivity contribution is 5.94. The third kappa shape index (κ3) is 3.34. The summed E-state index contributed by atoms with van der Waals surface area (Å²) in [5, 5.41) is 11.6. The summed E-state index contributed by atoms with van der Waals surface area (Å²) >= 11 is 0. The van der Waals surface area contributed by atoms with Crippen molar-refractivity contribution in [3.05, 3.63) is 69.4 Å². The van der Waals surface area contributed by atoms with Gasteiger partial charge in [-0.1, -0.05) is 0 Å². The van der Waals surface area contributed by atoms with Gasteiger partial charge in [-0.15, -0.1) is 0 Å². The van der Waals surface area contributed by atoms with Crippen LogP contribution in [0.15, 0.2) is 35.3 Å². The van der Waals surface area contributed by atoms with Crippen LogP contribution in [0.4, 0.5) is 13.2 Å². The number of hydrogen-bond donors (Lipinski definition) is 3. The predicted molar refractivity (Wildman–Crippen MR) is 70.7 cm³/mol. The molecule has 116 valence electrons. The third-order valence-electron chi connectivity index (χ3n) is 2.94. The first-order valence-corrected chi connectivity index (χ1v) is 6.17. The molecule has 2 rings (SSSR count). The number of amides is 1. The number of H-pyrrole nitrogens is 1. The molecule has 1 aromatic heterocycles. The maximum atomic E-state index is 13.2. The second-order valence-corrected chi connectivity index (χ2v) is 4.45. The van der Waals surface area contributed by atoms with Gasteiger partial charge in [0.2, 0.25) is 5.56 Å². The molecule has 1 atom stereocenters. The highest BCUT2D eigenvalue weighted by atomic mass is 19.2. The van der Waals surface area contributed by atoms with E-state index in [4.69, 9.17) is 0 Å². The standard InChI is InChI=1S/C14H11F3N2O3/c15-9-3-8(4-10(16)13(9)17)11(6-20)19-14(22)7-1-2-12(21)18-5-7/h1-5,11,20H,6H2,(H,18,21)(H,19,22). The quantitative estimate of drug-likeness (QED) is 0.743. The molecule has 1 amide bonds. The zero-order chi connectivity index (χ0) is 16.3. The van der Waals surface area contributed by atoms with Gasteiger partial charge in [0.15, 0.2) is 17.5 Å². The lowest BCUT2D eigenvalue weighted by atomic mass is 10.1. The van der Waals surface area contributed by atoms with Gasteiger partial charge in [-0.05, 0) is 23.8 Å². The van der Waals surface area contributed by atoms with E-state index in [0.29, 0.717) is 12.1 Å². The molecule has 0 saturated heterocycles. The number of halogens is 3. The van der Waals surface area contributed by atoms with Crippen molar-refractivity contribution in [2.45, 2.75) is 6.04 Å². The molecule has 5 nitrogen and oxygen atoms in total. The molecule has 0 radical (unpaired) electrons. The van der Waals surface area contributed by atoms with Crippen LogP contribution in [0.5, 0.6) is 0 Å². The predicted octanol–water partition coefficient (Wildman–Crippen LogP) is 1.26. The van der Waals surface area contributed by atoms with Crippen LogP contribution in [0.2, 0.25) is 0 Å². The van der Waals surface area contributed by atoms with Crippen molar-refractivity contribution < 1.29 is 23.1 Å².